The molecule has 146 valence electrons. The number of allylic oxidation sites excluding steroid dienone is 1. The molecule has 2 N–H and O–H groups in total. The molecule has 27 heavy (non-hydrogen) atoms. The number of carboxylic acids is 1. The summed E-state index contributed by atoms with van der Waals surface area (Å²) in [5.41, 5.74) is 1.54. The van der Waals surface area contributed by atoms with E-state index in [0.717, 1.165) is 30.2 Å². The van der Waals surface area contributed by atoms with E-state index in [1.165, 1.54) is 0 Å². The zero-order chi connectivity index (χ0) is 19.5. The number of pyridine rings is 1. The maximum atomic E-state index is 10.6. The molecule has 0 aliphatic carbocycles. The van der Waals surface area contributed by atoms with E-state index in [-0.39, 0.29) is 6.42 Å². The fourth-order valence-corrected chi connectivity index (χ4v) is 2.83. The standard InChI is InChI=1S/C22H29NO4/c1-2-3-10-15-27-22-18(16-17-11-8-9-12-19(17)23-22)20(24)13-6-4-5-7-14-21(25)26/h4,6,8-9,11-12,16,20,24H,2-3,5,7,10,13-15H2,1H3,(H,25,26)/b6-4+. The van der Waals surface area contributed by atoms with Crippen molar-refractivity contribution >= 4 is 16.9 Å². The van der Waals surface area contributed by atoms with Crippen molar-refractivity contribution < 1.29 is 19.7 Å². The van der Waals surface area contributed by atoms with Gasteiger partial charge in [0, 0.05) is 17.4 Å². The molecule has 1 aromatic heterocycles. The van der Waals surface area contributed by atoms with Crippen LogP contribution in [0.1, 0.15) is 63.5 Å². The van der Waals surface area contributed by atoms with Crippen molar-refractivity contribution in [3.05, 3.63) is 48.0 Å². The molecular formula is C22H29NO4. The Morgan fingerprint density at radius 2 is 2.04 bits per heavy atom. The minimum Gasteiger partial charge on any atom is -0.481 e. The van der Waals surface area contributed by atoms with E-state index < -0.39 is 12.1 Å². The summed E-state index contributed by atoms with van der Waals surface area (Å²) in [4.78, 5) is 15.1. The smallest absolute Gasteiger partial charge is 0.303 e. The second-order valence-electron chi connectivity index (χ2n) is 6.64. The van der Waals surface area contributed by atoms with Crippen LogP contribution in [-0.4, -0.2) is 27.8 Å². The summed E-state index contributed by atoms with van der Waals surface area (Å²) in [6, 6.07) is 9.74. The number of carbonyl (C=O) groups is 1. The molecule has 0 aliphatic heterocycles. The Bertz CT molecular complexity index is 757. The second-order valence-corrected chi connectivity index (χ2v) is 6.64. The van der Waals surface area contributed by atoms with Gasteiger partial charge in [0.2, 0.25) is 5.88 Å². The molecule has 2 aromatic rings. The Morgan fingerprint density at radius 3 is 2.81 bits per heavy atom. The Labute approximate surface area is 160 Å². The number of aliphatic hydroxyl groups is 1. The topological polar surface area (TPSA) is 79.7 Å². The first-order valence-corrected chi connectivity index (χ1v) is 9.69. The molecule has 1 unspecified atom stereocenters. The van der Waals surface area contributed by atoms with Crippen LogP contribution in [0.3, 0.4) is 0 Å². The monoisotopic (exact) mass is 371 g/mol. The van der Waals surface area contributed by atoms with Gasteiger partial charge in [-0.15, -0.1) is 0 Å². The summed E-state index contributed by atoms with van der Waals surface area (Å²) in [6.07, 6.45) is 8.19. The Morgan fingerprint density at radius 1 is 1.22 bits per heavy atom. The number of aliphatic carboxylic acids is 1. The van der Waals surface area contributed by atoms with Crippen molar-refractivity contribution in [3.63, 3.8) is 0 Å². The molecule has 0 bridgehead atoms. The number of unbranched alkanes of at least 4 members (excludes halogenated alkanes) is 3. The van der Waals surface area contributed by atoms with Crippen LogP contribution in [0.4, 0.5) is 0 Å². The van der Waals surface area contributed by atoms with Crippen LogP contribution in [0.2, 0.25) is 0 Å². The van der Waals surface area contributed by atoms with Gasteiger partial charge in [-0.1, -0.05) is 50.1 Å². The molecule has 1 atom stereocenters. The van der Waals surface area contributed by atoms with E-state index in [1.807, 2.05) is 42.5 Å². The third kappa shape index (κ3) is 7.02. The van der Waals surface area contributed by atoms with E-state index in [0.29, 0.717) is 37.3 Å². The molecule has 0 radical (unpaired) electrons. The van der Waals surface area contributed by atoms with Gasteiger partial charge in [-0.3, -0.25) is 4.79 Å². The normalized spacial score (nSPS) is 12.5. The summed E-state index contributed by atoms with van der Waals surface area (Å²) in [5, 5.41) is 20.3. The van der Waals surface area contributed by atoms with Gasteiger partial charge >= 0.3 is 5.97 Å². The summed E-state index contributed by atoms with van der Waals surface area (Å²) < 4.78 is 5.88. The third-order valence-electron chi connectivity index (χ3n) is 4.35. The predicted octanol–water partition coefficient (Wildman–Crippen LogP) is 5.04. The number of hydrogen-bond donors (Lipinski definition) is 2. The highest BCUT2D eigenvalue weighted by molar-refractivity contribution is 5.80. The molecule has 0 saturated heterocycles. The molecule has 0 fully saturated rings. The lowest BCUT2D eigenvalue weighted by Crippen LogP contribution is -2.06. The zero-order valence-electron chi connectivity index (χ0n) is 15.9. The SMILES string of the molecule is CCCCCOc1nc2ccccc2cc1C(O)C/C=C/CCCC(=O)O. The van der Waals surface area contributed by atoms with Gasteiger partial charge in [-0.25, -0.2) is 4.98 Å². The first kappa shape index (κ1) is 20.9. The van der Waals surface area contributed by atoms with Crippen LogP contribution in [0.5, 0.6) is 5.88 Å². The largest absolute Gasteiger partial charge is 0.481 e. The minimum absolute atomic E-state index is 0.164. The Balaban J connectivity index is 2.06. The number of hydrogen-bond acceptors (Lipinski definition) is 4. The quantitative estimate of drug-likeness (QED) is 0.404. The lowest BCUT2D eigenvalue weighted by molar-refractivity contribution is -0.137. The number of ether oxygens (including phenoxy) is 1. The highest BCUT2D eigenvalue weighted by atomic mass is 16.5. The number of para-hydroxylation sites is 1. The van der Waals surface area contributed by atoms with Gasteiger partial charge in [-0.2, -0.15) is 0 Å². The van der Waals surface area contributed by atoms with Gasteiger partial charge in [0.1, 0.15) is 0 Å². The zero-order valence-corrected chi connectivity index (χ0v) is 15.9. The van der Waals surface area contributed by atoms with Gasteiger partial charge in [0.05, 0.1) is 18.2 Å². The third-order valence-corrected chi connectivity index (χ3v) is 4.35. The molecule has 0 saturated carbocycles. The summed E-state index contributed by atoms with van der Waals surface area (Å²) in [5.74, 6) is -0.285. The molecule has 2 rings (SSSR count). The van der Waals surface area contributed by atoms with Crippen molar-refractivity contribution in [2.75, 3.05) is 6.61 Å². The second kappa shape index (κ2) is 11.3. The number of fused-ring (bicyclic) bond motifs is 1. The molecule has 1 heterocycles. The number of carboxylic acid groups (broad SMARTS) is 1. The fraction of sp³-hybridized carbons (Fsp3) is 0.455. The highest BCUT2D eigenvalue weighted by Crippen LogP contribution is 2.30. The minimum atomic E-state index is -0.782. The molecule has 0 amide bonds. The van der Waals surface area contributed by atoms with E-state index in [9.17, 15) is 9.90 Å². The average Bonchev–Trinajstić information content (AvgIpc) is 2.67. The summed E-state index contributed by atoms with van der Waals surface area (Å²) in [7, 11) is 0. The van der Waals surface area contributed by atoms with Gasteiger partial charge in [-0.05, 0) is 37.8 Å². The first-order chi connectivity index (χ1) is 13.1. The lowest BCUT2D eigenvalue weighted by Gasteiger charge is -2.15. The van der Waals surface area contributed by atoms with Crippen molar-refractivity contribution in [3.8, 4) is 5.88 Å². The van der Waals surface area contributed by atoms with Crippen LogP contribution in [-0.2, 0) is 4.79 Å². The number of nitrogens with zero attached hydrogens (tertiary/aromatic N) is 1. The number of aromatic nitrogens is 1. The average molecular weight is 371 g/mol. The van der Waals surface area contributed by atoms with Crippen LogP contribution in [0, 0.1) is 0 Å². The molecule has 1 aromatic carbocycles. The number of rotatable bonds is 12. The van der Waals surface area contributed by atoms with Crippen molar-refractivity contribution in [2.24, 2.45) is 0 Å². The van der Waals surface area contributed by atoms with E-state index in [2.05, 4.69) is 11.9 Å². The molecule has 0 aliphatic rings. The Hall–Kier alpha value is -2.40. The lowest BCUT2D eigenvalue weighted by atomic mass is 10.0. The Kier molecular flexibility index (Phi) is 8.78. The molecule has 5 heteroatoms. The highest BCUT2D eigenvalue weighted by Gasteiger charge is 2.15. The van der Waals surface area contributed by atoms with Gasteiger partial charge in [0.25, 0.3) is 0 Å². The van der Waals surface area contributed by atoms with E-state index in [4.69, 9.17) is 9.84 Å². The molecule has 0 spiro atoms. The van der Waals surface area contributed by atoms with Crippen molar-refractivity contribution in [1.29, 1.82) is 0 Å². The number of benzene rings is 1. The van der Waals surface area contributed by atoms with Crippen LogP contribution in [0.15, 0.2) is 42.5 Å². The van der Waals surface area contributed by atoms with Crippen LogP contribution in [0.25, 0.3) is 10.9 Å². The summed E-state index contributed by atoms with van der Waals surface area (Å²) >= 11 is 0. The van der Waals surface area contributed by atoms with Gasteiger partial charge in [0.15, 0.2) is 0 Å². The maximum Gasteiger partial charge on any atom is 0.303 e. The molecule has 5 nitrogen and oxygen atoms in total. The first-order valence-electron chi connectivity index (χ1n) is 9.69. The molecular weight excluding hydrogens is 342 g/mol. The maximum absolute atomic E-state index is 10.6. The van der Waals surface area contributed by atoms with E-state index >= 15 is 0 Å². The fourth-order valence-electron chi connectivity index (χ4n) is 2.83. The summed E-state index contributed by atoms with van der Waals surface area (Å²) in [6.45, 7) is 2.73. The van der Waals surface area contributed by atoms with E-state index in [1.54, 1.807) is 0 Å². The van der Waals surface area contributed by atoms with Crippen LogP contribution >= 0.6 is 0 Å². The van der Waals surface area contributed by atoms with Crippen molar-refractivity contribution in [2.45, 2.75) is 58.0 Å². The van der Waals surface area contributed by atoms with Crippen molar-refractivity contribution in [1.82, 2.24) is 4.98 Å². The number of aliphatic hydroxyl groups excluding tert-OH is 1. The predicted molar refractivity (Wildman–Crippen MR) is 107 cm³/mol. The van der Waals surface area contributed by atoms with Gasteiger partial charge < -0.3 is 14.9 Å². The van der Waals surface area contributed by atoms with Crippen LogP contribution < -0.4 is 4.74 Å².